The number of benzene rings is 1. The van der Waals surface area contributed by atoms with Crippen LogP contribution in [0, 0.1) is 5.41 Å². The maximum Gasteiger partial charge on any atom is 0.277 e. The van der Waals surface area contributed by atoms with Gasteiger partial charge in [-0.2, -0.15) is 0 Å². The zero-order chi connectivity index (χ0) is 20.1. The van der Waals surface area contributed by atoms with Crippen molar-refractivity contribution in [3.63, 3.8) is 0 Å². The first-order valence-corrected chi connectivity index (χ1v) is 8.80. The highest BCUT2D eigenvalue weighted by molar-refractivity contribution is 5.93. The fourth-order valence-corrected chi connectivity index (χ4v) is 3.08. The molecule has 1 fully saturated rings. The number of hydrogen-bond acceptors (Lipinski definition) is 7. The fraction of sp³-hybridized carbons (Fsp3) is 0.368. The van der Waals surface area contributed by atoms with Gasteiger partial charge in [0.25, 0.3) is 11.8 Å². The van der Waals surface area contributed by atoms with Gasteiger partial charge in [0.05, 0.1) is 19.3 Å². The second kappa shape index (κ2) is 8.42. The molecule has 9 heteroatoms. The van der Waals surface area contributed by atoms with Gasteiger partial charge in [0, 0.05) is 23.7 Å². The van der Waals surface area contributed by atoms with Crippen molar-refractivity contribution < 1.29 is 24.6 Å². The summed E-state index contributed by atoms with van der Waals surface area (Å²) in [6.07, 6.45) is 1.07. The molecule has 0 spiro atoms. The summed E-state index contributed by atoms with van der Waals surface area (Å²) in [7, 11) is 0. The molecule has 0 bridgehead atoms. The molecule has 28 heavy (non-hydrogen) atoms. The Morgan fingerprint density at radius 1 is 1.32 bits per heavy atom. The first kappa shape index (κ1) is 19.9. The van der Waals surface area contributed by atoms with E-state index < -0.39 is 29.4 Å². The minimum absolute atomic E-state index is 0.0671. The van der Waals surface area contributed by atoms with Crippen LogP contribution in [0.4, 0.5) is 0 Å². The summed E-state index contributed by atoms with van der Waals surface area (Å²) in [5.41, 5.74) is -0.334. The van der Waals surface area contributed by atoms with E-state index in [1.54, 1.807) is 37.3 Å². The van der Waals surface area contributed by atoms with Gasteiger partial charge in [0.2, 0.25) is 0 Å². The summed E-state index contributed by atoms with van der Waals surface area (Å²) < 4.78 is 5.61. The summed E-state index contributed by atoms with van der Waals surface area (Å²) >= 11 is 0. The number of aliphatic hydroxyl groups excluding tert-OH is 1. The van der Waals surface area contributed by atoms with Crippen molar-refractivity contribution in [3.05, 3.63) is 60.2 Å². The molecule has 2 aromatic rings. The molecule has 3 N–H and O–H groups in total. The van der Waals surface area contributed by atoms with Crippen molar-refractivity contribution in [2.75, 3.05) is 19.7 Å². The van der Waals surface area contributed by atoms with Gasteiger partial charge in [-0.1, -0.05) is 25.1 Å². The van der Waals surface area contributed by atoms with E-state index in [4.69, 9.17) is 4.74 Å². The molecule has 1 aromatic carbocycles. The summed E-state index contributed by atoms with van der Waals surface area (Å²) in [5.74, 6) is -0.968. The maximum absolute atomic E-state index is 12.3. The molecule has 2 heterocycles. The quantitative estimate of drug-likeness (QED) is 0.488. The lowest BCUT2D eigenvalue weighted by molar-refractivity contribution is -0.0940. The number of carbonyl (C=O) groups is 2. The average Bonchev–Trinajstić information content (AvgIpc) is 3.00. The molecule has 2 amide bonds. The minimum atomic E-state index is -0.989. The van der Waals surface area contributed by atoms with Gasteiger partial charge in [0.1, 0.15) is 18.1 Å². The van der Waals surface area contributed by atoms with Crippen LogP contribution < -0.4 is 5.32 Å². The van der Waals surface area contributed by atoms with E-state index in [-0.39, 0.29) is 25.4 Å². The van der Waals surface area contributed by atoms with E-state index in [9.17, 15) is 19.9 Å². The van der Waals surface area contributed by atoms with E-state index in [2.05, 4.69) is 15.3 Å². The van der Waals surface area contributed by atoms with E-state index in [0.717, 1.165) is 0 Å². The van der Waals surface area contributed by atoms with Crippen LogP contribution in [0.5, 0.6) is 0 Å². The van der Waals surface area contributed by atoms with E-state index in [1.807, 2.05) is 0 Å². The van der Waals surface area contributed by atoms with Gasteiger partial charge < -0.3 is 15.2 Å². The van der Waals surface area contributed by atoms with Crippen LogP contribution in [-0.2, 0) is 4.74 Å². The lowest BCUT2D eigenvalue weighted by Gasteiger charge is -2.31. The molecular formula is C19H22N4O5. The van der Waals surface area contributed by atoms with Crippen LogP contribution in [0.25, 0.3) is 0 Å². The molecule has 0 radical (unpaired) electrons. The number of amides is 2. The molecule has 1 saturated heterocycles. The zero-order valence-corrected chi connectivity index (χ0v) is 15.4. The van der Waals surface area contributed by atoms with Crippen molar-refractivity contribution in [1.82, 2.24) is 20.3 Å². The summed E-state index contributed by atoms with van der Waals surface area (Å²) in [4.78, 5) is 32.0. The maximum atomic E-state index is 12.3. The van der Waals surface area contributed by atoms with Gasteiger partial charge in [0.15, 0.2) is 0 Å². The van der Waals surface area contributed by atoms with Crippen LogP contribution in [0.3, 0.4) is 0 Å². The van der Waals surface area contributed by atoms with Crippen LogP contribution in [0.15, 0.2) is 48.9 Å². The van der Waals surface area contributed by atoms with Gasteiger partial charge in [-0.05, 0) is 18.2 Å². The Kier molecular flexibility index (Phi) is 5.98. The first-order chi connectivity index (χ1) is 13.4. The number of carbonyl (C=O) groups excluding carboxylic acids is 2. The Morgan fingerprint density at radius 3 is 2.75 bits per heavy atom. The number of ether oxygens (including phenoxy) is 1. The number of aromatic nitrogens is 2. The summed E-state index contributed by atoms with van der Waals surface area (Å²) in [6.45, 7) is 1.79. The summed E-state index contributed by atoms with van der Waals surface area (Å²) in [6, 6.07) is 9.85. The Morgan fingerprint density at radius 2 is 2.07 bits per heavy atom. The predicted octanol–water partition coefficient (Wildman–Crippen LogP) is 0.504. The molecule has 0 saturated carbocycles. The summed E-state index contributed by atoms with van der Waals surface area (Å²) in [5, 5.41) is 24.1. The SMILES string of the molecule is C[C@@]1(CN(O)C(=O)c2ccccc2)CO[C@H](CNC(=O)c2ccncn2)[C@H]1O. The van der Waals surface area contributed by atoms with E-state index in [1.165, 1.54) is 18.6 Å². The number of hydrogen-bond donors (Lipinski definition) is 3. The second-order valence-corrected chi connectivity index (χ2v) is 6.98. The van der Waals surface area contributed by atoms with Crippen LogP contribution in [0.2, 0.25) is 0 Å². The molecule has 3 atom stereocenters. The first-order valence-electron chi connectivity index (χ1n) is 8.80. The topological polar surface area (TPSA) is 125 Å². The van der Waals surface area contributed by atoms with Crippen molar-refractivity contribution in [2.45, 2.75) is 19.1 Å². The Hall–Kier alpha value is -2.88. The Balaban J connectivity index is 1.56. The van der Waals surface area contributed by atoms with E-state index >= 15 is 0 Å². The van der Waals surface area contributed by atoms with Crippen LogP contribution in [-0.4, -0.2) is 69.1 Å². The highest BCUT2D eigenvalue weighted by Gasteiger charge is 2.47. The number of hydroxylamine groups is 2. The fourth-order valence-electron chi connectivity index (χ4n) is 3.08. The van der Waals surface area contributed by atoms with Gasteiger partial charge in [-0.15, -0.1) is 0 Å². The van der Waals surface area contributed by atoms with Crippen molar-refractivity contribution in [3.8, 4) is 0 Å². The number of nitrogens with one attached hydrogen (secondary N) is 1. The highest BCUT2D eigenvalue weighted by Crippen LogP contribution is 2.33. The molecule has 0 unspecified atom stereocenters. The third-order valence-corrected chi connectivity index (χ3v) is 4.74. The lowest BCUT2D eigenvalue weighted by Crippen LogP contribution is -2.47. The molecule has 1 aliphatic rings. The van der Waals surface area contributed by atoms with Gasteiger partial charge in [-0.3, -0.25) is 14.8 Å². The van der Waals surface area contributed by atoms with E-state index in [0.29, 0.717) is 10.6 Å². The van der Waals surface area contributed by atoms with Crippen LogP contribution >= 0.6 is 0 Å². The molecule has 9 nitrogen and oxygen atoms in total. The Bertz CT molecular complexity index is 820. The van der Waals surface area contributed by atoms with Gasteiger partial charge >= 0.3 is 0 Å². The largest absolute Gasteiger partial charge is 0.390 e. The monoisotopic (exact) mass is 386 g/mol. The number of aliphatic hydroxyl groups is 1. The highest BCUT2D eigenvalue weighted by atomic mass is 16.5. The zero-order valence-electron chi connectivity index (χ0n) is 15.4. The van der Waals surface area contributed by atoms with Gasteiger partial charge in [-0.25, -0.2) is 15.0 Å². The smallest absolute Gasteiger partial charge is 0.277 e. The molecule has 3 rings (SSSR count). The average molecular weight is 386 g/mol. The minimum Gasteiger partial charge on any atom is -0.390 e. The van der Waals surface area contributed by atoms with Crippen molar-refractivity contribution in [1.29, 1.82) is 0 Å². The molecule has 0 aliphatic carbocycles. The molecule has 1 aromatic heterocycles. The standard InChI is InChI=1S/C19H22N4O5/c1-19(10-23(27)18(26)13-5-3-2-4-6-13)11-28-15(16(19)24)9-21-17(25)14-7-8-20-12-22-14/h2-8,12,15-16,24,27H,9-11H2,1H3,(H,21,25)/t15-,16-,19-/m1/s1. The predicted molar refractivity (Wildman–Crippen MR) is 97.5 cm³/mol. The van der Waals surface area contributed by atoms with Crippen molar-refractivity contribution >= 4 is 11.8 Å². The number of nitrogens with zero attached hydrogens (tertiary/aromatic N) is 3. The second-order valence-electron chi connectivity index (χ2n) is 6.98. The normalized spacial score (nSPS) is 24.0. The number of rotatable bonds is 6. The molecular weight excluding hydrogens is 364 g/mol. The lowest BCUT2D eigenvalue weighted by atomic mass is 9.84. The van der Waals surface area contributed by atoms with Crippen LogP contribution in [0.1, 0.15) is 27.8 Å². The van der Waals surface area contributed by atoms with Crippen molar-refractivity contribution in [2.24, 2.45) is 5.41 Å². The third kappa shape index (κ3) is 4.33. The third-order valence-electron chi connectivity index (χ3n) is 4.74. The Labute approximate surface area is 161 Å². The molecule has 148 valence electrons. The molecule has 1 aliphatic heterocycles.